The van der Waals surface area contributed by atoms with E-state index in [9.17, 15) is 4.79 Å². The van der Waals surface area contributed by atoms with Gasteiger partial charge in [0.15, 0.2) is 0 Å². The van der Waals surface area contributed by atoms with E-state index in [2.05, 4.69) is 4.74 Å². The number of methoxy groups -OCH3 is 1. The summed E-state index contributed by atoms with van der Waals surface area (Å²) in [5.74, 6) is 0. The Morgan fingerprint density at radius 3 is 1.65 bits per heavy atom. The van der Waals surface area contributed by atoms with Gasteiger partial charge in [-0.2, -0.15) is 0 Å². The lowest BCUT2D eigenvalue weighted by atomic mass is 10.7. The molecule has 0 aromatic heterocycles. The fourth-order valence-corrected chi connectivity index (χ4v) is 0.885. The van der Waals surface area contributed by atoms with Gasteiger partial charge in [-0.1, -0.05) is 0 Å². The van der Waals surface area contributed by atoms with E-state index >= 15 is 0 Å². The number of hydrogen-bond donors (Lipinski definition) is 1. The van der Waals surface area contributed by atoms with E-state index in [-0.39, 0.29) is 6.61 Å². The smallest absolute Gasteiger partial charge is 0.404 e. The number of primary amides is 1. The summed E-state index contributed by atoms with van der Waals surface area (Å²) >= 11 is 0. The van der Waals surface area contributed by atoms with E-state index in [1.165, 1.54) is 0 Å². The summed E-state index contributed by atoms with van der Waals surface area (Å²) in [6.45, 7) is 3.61. The minimum atomic E-state index is -0.793. The molecule has 0 fully saturated rings. The van der Waals surface area contributed by atoms with Crippen LogP contribution in [0.25, 0.3) is 0 Å². The van der Waals surface area contributed by atoms with Crippen molar-refractivity contribution in [3.05, 3.63) is 0 Å². The van der Waals surface area contributed by atoms with Crippen molar-refractivity contribution in [2.24, 2.45) is 5.73 Å². The number of carbonyl (C=O) groups excluding carboxylic acids is 1. The molecule has 102 valence electrons. The third-order valence-electron chi connectivity index (χ3n) is 1.65. The van der Waals surface area contributed by atoms with Crippen LogP contribution < -0.4 is 5.73 Å². The lowest BCUT2D eigenvalue weighted by molar-refractivity contribution is -0.00193. The molecule has 0 radical (unpaired) electrons. The standard InChI is InChI=1S/C10H21NO6/c1-13-2-3-14-4-5-15-6-7-16-8-9-17-10(11)12/h2-9H2,1H3,(H2,11,12). The molecule has 0 aliphatic heterocycles. The lowest BCUT2D eigenvalue weighted by Gasteiger charge is -2.06. The quantitative estimate of drug-likeness (QED) is 0.482. The van der Waals surface area contributed by atoms with Gasteiger partial charge in [0.05, 0.1) is 46.2 Å². The zero-order valence-corrected chi connectivity index (χ0v) is 10.2. The Morgan fingerprint density at radius 2 is 1.24 bits per heavy atom. The molecule has 0 heterocycles. The number of nitrogens with two attached hydrogens (primary N) is 1. The maximum atomic E-state index is 10.2. The average molecular weight is 251 g/mol. The summed E-state index contributed by atoms with van der Waals surface area (Å²) in [7, 11) is 1.62. The Kier molecular flexibility index (Phi) is 12.5. The molecule has 0 bridgehead atoms. The third-order valence-corrected chi connectivity index (χ3v) is 1.65. The lowest BCUT2D eigenvalue weighted by Crippen LogP contribution is -2.17. The Hall–Kier alpha value is -0.890. The summed E-state index contributed by atoms with van der Waals surface area (Å²) in [5.41, 5.74) is 4.76. The van der Waals surface area contributed by atoms with Gasteiger partial charge in [0, 0.05) is 7.11 Å². The molecule has 0 aliphatic rings. The maximum absolute atomic E-state index is 10.2. The molecule has 0 atom stereocenters. The van der Waals surface area contributed by atoms with Gasteiger partial charge in [0.25, 0.3) is 0 Å². The molecule has 0 aliphatic carbocycles. The molecule has 7 heteroatoms. The Labute approximate surface area is 101 Å². The molecule has 0 rings (SSSR count). The highest BCUT2D eigenvalue weighted by Crippen LogP contribution is 1.82. The van der Waals surface area contributed by atoms with Gasteiger partial charge in [0.1, 0.15) is 6.61 Å². The molecule has 0 aromatic carbocycles. The molecule has 0 spiro atoms. The molecule has 7 nitrogen and oxygen atoms in total. The number of rotatable bonds is 12. The highest BCUT2D eigenvalue weighted by Gasteiger charge is 1.94. The first-order valence-corrected chi connectivity index (χ1v) is 5.41. The van der Waals surface area contributed by atoms with E-state index in [0.29, 0.717) is 46.2 Å². The number of amides is 1. The monoisotopic (exact) mass is 251 g/mol. The van der Waals surface area contributed by atoms with Crippen molar-refractivity contribution in [1.82, 2.24) is 0 Å². The molecule has 0 unspecified atom stereocenters. The van der Waals surface area contributed by atoms with Crippen LogP contribution in [0.15, 0.2) is 0 Å². The largest absolute Gasteiger partial charge is 0.447 e. The second-order valence-corrected chi connectivity index (χ2v) is 3.00. The van der Waals surface area contributed by atoms with E-state index in [1.54, 1.807) is 7.11 Å². The first kappa shape index (κ1) is 16.1. The van der Waals surface area contributed by atoms with E-state index in [4.69, 9.17) is 24.7 Å². The van der Waals surface area contributed by atoms with Crippen molar-refractivity contribution in [2.45, 2.75) is 0 Å². The second-order valence-electron chi connectivity index (χ2n) is 3.00. The van der Waals surface area contributed by atoms with Gasteiger partial charge in [0.2, 0.25) is 0 Å². The molecule has 1 amide bonds. The predicted octanol–water partition coefficient (Wildman–Crippen LogP) is -0.222. The summed E-state index contributed by atoms with van der Waals surface area (Å²) in [6.07, 6.45) is -0.793. The molecule has 0 saturated heterocycles. The van der Waals surface area contributed by atoms with Gasteiger partial charge >= 0.3 is 6.09 Å². The van der Waals surface area contributed by atoms with Gasteiger partial charge in [-0.05, 0) is 0 Å². The fourth-order valence-electron chi connectivity index (χ4n) is 0.885. The molecule has 2 N–H and O–H groups in total. The highest BCUT2D eigenvalue weighted by molar-refractivity contribution is 5.64. The summed E-state index contributed by atoms with van der Waals surface area (Å²) in [6, 6.07) is 0. The molecule has 0 saturated carbocycles. The normalized spacial score (nSPS) is 10.4. The van der Waals surface area contributed by atoms with Crippen LogP contribution >= 0.6 is 0 Å². The minimum Gasteiger partial charge on any atom is -0.447 e. The van der Waals surface area contributed by atoms with Crippen LogP contribution in [0.1, 0.15) is 0 Å². The van der Waals surface area contributed by atoms with Gasteiger partial charge in [-0.25, -0.2) is 4.79 Å². The Bertz CT molecular complexity index is 178. The summed E-state index contributed by atoms with van der Waals surface area (Å²) in [5, 5.41) is 0. The minimum absolute atomic E-state index is 0.162. The molecular weight excluding hydrogens is 230 g/mol. The SMILES string of the molecule is COCCOCCOCCOCCOC(N)=O. The van der Waals surface area contributed by atoms with Crippen molar-refractivity contribution >= 4 is 6.09 Å². The topological polar surface area (TPSA) is 89.2 Å². The first-order chi connectivity index (χ1) is 8.27. The number of carbonyl (C=O) groups is 1. The van der Waals surface area contributed by atoms with Crippen molar-refractivity contribution in [3.63, 3.8) is 0 Å². The van der Waals surface area contributed by atoms with Crippen LogP contribution in [0.2, 0.25) is 0 Å². The number of ether oxygens (including phenoxy) is 5. The predicted molar refractivity (Wildman–Crippen MR) is 59.9 cm³/mol. The first-order valence-electron chi connectivity index (χ1n) is 5.41. The van der Waals surface area contributed by atoms with Crippen molar-refractivity contribution < 1.29 is 28.5 Å². The maximum Gasteiger partial charge on any atom is 0.404 e. The van der Waals surface area contributed by atoms with Crippen LogP contribution in [0.5, 0.6) is 0 Å². The average Bonchev–Trinajstić information content (AvgIpc) is 2.30. The van der Waals surface area contributed by atoms with E-state index in [1.807, 2.05) is 0 Å². The van der Waals surface area contributed by atoms with Crippen LogP contribution in [-0.2, 0) is 23.7 Å². The molecule has 17 heavy (non-hydrogen) atoms. The fraction of sp³-hybridized carbons (Fsp3) is 0.900. The molecular formula is C10H21NO6. The van der Waals surface area contributed by atoms with E-state index < -0.39 is 6.09 Å². The van der Waals surface area contributed by atoms with Crippen LogP contribution in [0.3, 0.4) is 0 Å². The Balaban J connectivity index is 2.91. The van der Waals surface area contributed by atoms with Crippen molar-refractivity contribution in [2.75, 3.05) is 60.0 Å². The Morgan fingerprint density at radius 1 is 0.824 bits per heavy atom. The molecule has 0 aromatic rings. The van der Waals surface area contributed by atoms with Gasteiger partial charge in [-0.3, -0.25) is 0 Å². The van der Waals surface area contributed by atoms with Gasteiger partial charge < -0.3 is 29.4 Å². The van der Waals surface area contributed by atoms with Crippen molar-refractivity contribution in [3.8, 4) is 0 Å². The van der Waals surface area contributed by atoms with Crippen LogP contribution in [0, 0.1) is 0 Å². The third kappa shape index (κ3) is 15.1. The second kappa shape index (κ2) is 13.2. The van der Waals surface area contributed by atoms with Gasteiger partial charge in [-0.15, -0.1) is 0 Å². The van der Waals surface area contributed by atoms with Crippen LogP contribution in [0.4, 0.5) is 4.79 Å². The summed E-state index contributed by atoms with van der Waals surface area (Å²) in [4.78, 5) is 10.2. The zero-order valence-electron chi connectivity index (χ0n) is 10.2. The number of hydrogen-bond acceptors (Lipinski definition) is 6. The van der Waals surface area contributed by atoms with Crippen LogP contribution in [-0.4, -0.2) is 66.1 Å². The zero-order chi connectivity index (χ0) is 12.8. The van der Waals surface area contributed by atoms with E-state index in [0.717, 1.165) is 0 Å². The van der Waals surface area contributed by atoms with Crippen molar-refractivity contribution in [1.29, 1.82) is 0 Å². The summed E-state index contributed by atoms with van der Waals surface area (Å²) < 4.78 is 24.8. The highest BCUT2D eigenvalue weighted by atomic mass is 16.6.